The van der Waals surface area contributed by atoms with Crippen molar-refractivity contribution in [2.24, 2.45) is 11.7 Å². The van der Waals surface area contributed by atoms with E-state index in [1.165, 1.54) is 19.3 Å². The number of nitrogens with one attached hydrogen (secondary N) is 2. The summed E-state index contributed by atoms with van der Waals surface area (Å²) >= 11 is 0. The third-order valence-electron chi connectivity index (χ3n) is 4.33. The van der Waals surface area contributed by atoms with Crippen LogP contribution in [0.4, 0.5) is 0 Å². The van der Waals surface area contributed by atoms with Crippen molar-refractivity contribution in [3.63, 3.8) is 0 Å². The highest BCUT2D eigenvalue weighted by Gasteiger charge is 2.16. The molecular formula is C18H25N3O3. The lowest BCUT2D eigenvalue weighted by Gasteiger charge is -2.20. The van der Waals surface area contributed by atoms with E-state index in [0.717, 1.165) is 18.4 Å². The zero-order valence-electron chi connectivity index (χ0n) is 13.8. The Bertz CT molecular complexity index is 578. The summed E-state index contributed by atoms with van der Waals surface area (Å²) in [6, 6.07) is 6.91. The number of amides is 3. The smallest absolute Gasteiger partial charge is 0.251 e. The number of hydrogen-bond acceptors (Lipinski definition) is 3. The van der Waals surface area contributed by atoms with Crippen LogP contribution in [0.2, 0.25) is 0 Å². The van der Waals surface area contributed by atoms with Gasteiger partial charge < -0.3 is 16.4 Å². The van der Waals surface area contributed by atoms with Gasteiger partial charge in [-0.05, 0) is 36.5 Å². The van der Waals surface area contributed by atoms with E-state index in [0.29, 0.717) is 24.4 Å². The first-order valence-electron chi connectivity index (χ1n) is 8.46. The van der Waals surface area contributed by atoms with E-state index in [9.17, 15) is 14.4 Å². The Kier molecular flexibility index (Phi) is 6.78. The minimum atomic E-state index is -0.583. The molecule has 1 aliphatic rings. The van der Waals surface area contributed by atoms with Gasteiger partial charge in [-0.3, -0.25) is 14.4 Å². The van der Waals surface area contributed by atoms with Gasteiger partial charge in [-0.2, -0.15) is 0 Å². The van der Waals surface area contributed by atoms with Crippen LogP contribution >= 0.6 is 0 Å². The van der Waals surface area contributed by atoms with Crippen molar-refractivity contribution in [1.29, 1.82) is 0 Å². The van der Waals surface area contributed by atoms with Gasteiger partial charge in [-0.1, -0.05) is 31.4 Å². The molecule has 130 valence electrons. The largest absolute Gasteiger partial charge is 0.368 e. The second kappa shape index (κ2) is 9.05. The Balaban J connectivity index is 1.75. The maximum atomic E-state index is 12.0. The molecule has 1 aromatic carbocycles. The molecule has 6 nitrogen and oxygen atoms in total. The number of rotatable bonds is 7. The Labute approximate surface area is 142 Å². The van der Waals surface area contributed by atoms with Crippen LogP contribution in [0.15, 0.2) is 24.3 Å². The van der Waals surface area contributed by atoms with Gasteiger partial charge in [0, 0.05) is 18.5 Å². The van der Waals surface area contributed by atoms with Crippen molar-refractivity contribution >= 4 is 17.7 Å². The van der Waals surface area contributed by atoms with Gasteiger partial charge in [0.15, 0.2) is 0 Å². The van der Waals surface area contributed by atoms with E-state index >= 15 is 0 Å². The minimum absolute atomic E-state index is 0.0881. The van der Waals surface area contributed by atoms with Crippen LogP contribution in [0.3, 0.4) is 0 Å². The molecule has 0 radical (unpaired) electrons. The topological polar surface area (TPSA) is 101 Å². The summed E-state index contributed by atoms with van der Waals surface area (Å²) in [7, 11) is 0. The first-order valence-corrected chi connectivity index (χ1v) is 8.46. The van der Waals surface area contributed by atoms with Crippen LogP contribution in [0, 0.1) is 5.92 Å². The summed E-state index contributed by atoms with van der Waals surface area (Å²) in [5.74, 6) is -0.317. The van der Waals surface area contributed by atoms with E-state index in [1.807, 2.05) is 0 Å². The average molecular weight is 331 g/mol. The van der Waals surface area contributed by atoms with Crippen molar-refractivity contribution in [3.8, 4) is 0 Å². The maximum Gasteiger partial charge on any atom is 0.251 e. The van der Waals surface area contributed by atoms with Gasteiger partial charge in [0.1, 0.15) is 0 Å². The fourth-order valence-corrected chi connectivity index (χ4v) is 2.97. The number of carbonyl (C=O) groups excluding carboxylic acids is 3. The van der Waals surface area contributed by atoms with Crippen LogP contribution in [0.5, 0.6) is 0 Å². The van der Waals surface area contributed by atoms with Crippen LogP contribution in [0.25, 0.3) is 0 Å². The number of primary amides is 1. The van der Waals surface area contributed by atoms with Crippen LogP contribution in [-0.4, -0.2) is 24.3 Å². The van der Waals surface area contributed by atoms with Gasteiger partial charge >= 0.3 is 0 Å². The Morgan fingerprint density at radius 1 is 1.00 bits per heavy atom. The average Bonchev–Trinajstić information content (AvgIpc) is 2.59. The summed E-state index contributed by atoms with van der Waals surface area (Å²) < 4.78 is 0. The molecule has 0 saturated heterocycles. The molecule has 0 heterocycles. The van der Waals surface area contributed by atoms with E-state index in [-0.39, 0.29) is 18.4 Å². The number of nitrogens with two attached hydrogens (primary N) is 1. The zero-order valence-corrected chi connectivity index (χ0v) is 13.8. The van der Waals surface area contributed by atoms with E-state index in [1.54, 1.807) is 24.3 Å². The normalized spacial score (nSPS) is 14.8. The summed E-state index contributed by atoms with van der Waals surface area (Å²) in [5, 5.41) is 5.36. The lowest BCUT2D eigenvalue weighted by atomic mass is 9.87. The second-order valence-electron chi connectivity index (χ2n) is 6.33. The van der Waals surface area contributed by atoms with Gasteiger partial charge in [0.2, 0.25) is 11.8 Å². The maximum absolute atomic E-state index is 12.0. The minimum Gasteiger partial charge on any atom is -0.368 e. The number of carbonyl (C=O) groups is 3. The summed E-state index contributed by atoms with van der Waals surface area (Å²) in [6.45, 7) is 0.270. The molecule has 24 heavy (non-hydrogen) atoms. The van der Waals surface area contributed by atoms with E-state index in [2.05, 4.69) is 10.6 Å². The van der Waals surface area contributed by atoms with Crippen molar-refractivity contribution < 1.29 is 14.4 Å². The summed E-state index contributed by atoms with van der Waals surface area (Å²) in [4.78, 5) is 34.4. The molecule has 4 N–H and O–H groups in total. The molecule has 0 aliphatic heterocycles. The van der Waals surface area contributed by atoms with Gasteiger partial charge in [-0.15, -0.1) is 0 Å². The Morgan fingerprint density at radius 3 is 2.29 bits per heavy atom. The second-order valence-corrected chi connectivity index (χ2v) is 6.33. The molecule has 2 rings (SSSR count). The first-order chi connectivity index (χ1) is 11.5. The summed E-state index contributed by atoms with van der Waals surface area (Å²) in [5.41, 5.74) is 6.37. The van der Waals surface area contributed by atoms with Crippen LogP contribution < -0.4 is 16.4 Å². The zero-order chi connectivity index (χ0) is 17.4. The number of hydrogen-bond donors (Lipinski definition) is 3. The molecule has 0 spiro atoms. The van der Waals surface area contributed by atoms with Gasteiger partial charge in [0.25, 0.3) is 5.91 Å². The Morgan fingerprint density at radius 2 is 1.67 bits per heavy atom. The highest BCUT2D eigenvalue weighted by molar-refractivity contribution is 5.96. The lowest BCUT2D eigenvalue weighted by Crippen LogP contribution is -2.33. The van der Waals surface area contributed by atoms with Gasteiger partial charge in [-0.25, -0.2) is 0 Å². The van der Waals surface area contributed by atoms with Crippen molar-refractivity contribution in [2.75, 3.05) is 6.54 Å². The van der Waals surface area contributed by atoms with Crippen molar-refractivity contribution in [3.05, 3.63) is 35.4 Å². The molecule has 0 unspecified atom stereocenters. The van der Waals surface area contributed by atoms with Crippen molar-refractivity contribution in [1.82, 2.24) is 10.6 Å². The van der Waals surface area contributed by atoms with Crippen LogP contribution in [0.1, 0.15) is 54.4 Å². The molecule has 1 saturated carbocycles. The van der Waals surface area contributed by atoms with Crippen LogP contribution in [-0.2, 0) is 16.1 Å². The van der Waals surface area contributed by atoms with Crippen molar-refractivity contribution in [2.45, 2.75) is 45.1 Å². The quantitative estimate of drug-likeness (QED) is 0.705. The standard InChI is InChI=1S/C18H25N3O3/c19-16(22)12-21-18(24)15-8-6-14(7-9-15)11-20-17(23)10-13-4-2-1-3-5-13/h6-9,13H,1-5,10-12H2,(H2,19,22)(H,20,23)(H,21,24). The van der Waals surface area contributed by atoms with E-state index < -0.39 is 5.91 Å². The molecule has 1 aliphatic carbocycles. The lowest BCUT2D eigenvalue weighted by molar-refractivity contribution is -0.122. The predicted octanol–water partition coefficient (Wildman–Crippen LogP) is 1.49. The molecule has 3 amide bonds. The fraction of sp³-hybridized carbons (Fsp3) is 0.500. The predicted molar refractivity (Wildman–Crippen MR) is 91.0 cm³/mol. The molecule has 0 aromatic heterocycles. The summed E-state index contributed by atoms with van der Waals surface area (Å²) in [6.07, 6.45) is 6.67. The molecular weight excluding hydrogens is 306 g/mol. The highest BCUT2D eigenvalue weighted by atomic mass is 16.2. The van der Waals surface area contributed by atoms with Gasteiger partial charge in [0.05, 0.1) is 6.54 Å². The molecule has 0 atom stereocenters. The molecule has 1 fully saturated rings. The highest BCUT2D eigenvalue weighted by Crippen LogP contribution is 2.26. The third-order valence-corrected chi connectivity index (χ3v) is 4.33. The number of benzene rings is 1. The molecule has 1 aromatic rings. The van der Waals surface area contributed by atoms with E-state index in [4.69, 9.17) is 5.73 Å². The third kappa shape index (κ3) is 6.02. The Hall–Kier alpha value is -2.37. The molecule has 0 bridgehead atoms. The first kappa shape index (κ1) is 18.0. The molecule has 6 heteroatoms. The fourth-order valence-electron chi connectivity index (χ4n) is 2.97. The monoisotopic (exact) mass is 331 g/mol. The SMILES string of the molecule is NC(=O)CNC(=O)c1ccc(CNC(=O)CC2CCCCC2)cc1.